The minimum absolute atomic E-state index is 0.0469. The number of nitrogens with one attached hydrogen (secondary N) is 1. The van der Waals surface area contributed by atoms with Gasteiger partial charge in [-0.25, -0.2) is 12.8 Å². The number of halogens is 1. The number of hydrogen-bond donors (Lipinski definition) is 1. The maximum absolute atomic E-state index is 13.5. The van der Waals surface area contributed by atoms with E-state index in [1.807, 2.05) is 6.92 Å². The molecular formula is C29H40FN3O5S. The lowest BCUT2D eigenvalue weighted by molar-refractivity contribution is -0.141. The largest absolute Gasteiger partial charge is 0.494 e. The number of carbonyl (C=O) groups is 2. The monoisotopic (exact) mass is 561 g/mol. The molecule has 0 aliphatic heterocycles. The van der Waals surface area contributed by atoms with Gasteiger partial charge < -0.3 is 15.0 Å². The maximum atomic E-state index is 13.5. The van der Waals surface area contributed by atoms with Crippen LogP contribution in [-0.4, -0.2) is 56.6 Å². The van der Waals surface area contributed by atoms with E-state index in [0.717, 1.165) is 38.4 Å². The molecule has 3 rings (SSSR count). The van der Waals surface area contributed by atoms with Crippen molar-refractivity contribution in [3.05, 3.63) is 59.9 Å². The fourth-order valence-electron chi connectivity index (χ4n) is 4.82. The first-order chi connectivity index (χ1) is 18.6. The van der Waals surface area contributed by atoms with E-state index in [2.05, 4.69) is 5.32 Å². The molecule has 214 valence electrons. The van der Waals surface area contributed by atoms with Crippen molar-refractivity contribution in [1.29, 1.82) is 0 Å². The van der Waals surface area contributed by atoms with Gasteiger partial charge in [-0.2, -0.15) is 0 Å². The Morgan fingerprint density at radius 3 is 2.28 bits per heavy atom. The molecule has 0 spiro atoms. The zero-order chi connectivity index (χ0) is 28.4. The summed E-state index contributed by atoms with van der Waals surface area (Å²) in [6.45, 7) is 4.32. The lowest BCUT2D eigenvalue weighted by Gasteiger charge is -2.31. The fourth-order valence-corrected chi connectivity index (χ4v) is 5.78. The van der Waals surface area contributed by atoms with E-state index in [0.29, 0.717) is 23.6 Å². The highest BCUT2D eigenvalue weighted by Gasteiger charge is 2.28. The highest BCUT2D eigenvalue weighted by Crippen LogP contribution is 2.23. The normalized spacial score (nSPS) is 14.9. The van der Waals surface area contributed by atoms with Gasteiger partial charge >= 0.3 is 0 Å². The van der Waals surface area contributed by atoms with Crippen molar-refractivity contribution in [2.24, 2.45) is 0 Å². The van der Waals surface area contributed by atoms with Gasteiger partial charge in [-0.05, 0) is 75.1 Å². The van der Waals surface area contributed by atoms with Crippen LogP contribution in [0.2, 0.25) is 0 Å². The zero-order valence-corrected chi connectivity index (χ0v) is 23.9. The first-order valence-corrected chi connectivity index (χ1v) is 15.5. The third-order valence-corrected chi connectivity index (χ3v) is 8.17. The summed E-state index contributed by atoms with van der Waals surface area (Å²) in [4.78, 5) is 28.0. The van der Waals surface area contributed by atoms with Crippen LogP contribution in [0.4, 0.5) is 10.1 Å². The minimum Gasteiger partial charge on any atom is -0.494 e. The summed E-state index contributed by atoms with van der Waals surface area (Å²) in [6, 6.07) is 12.0. The molecule has 0 aromatic heterocycles. The Balaban J connectivity index is 1.70. The molecule has 1 aliphatic carbocycles. The molecule has 1 N–H and O–H groups in total. The molecule has 2 amide bonds. The molecule has 2 aromatic carbocycles. The zero-order valence-electron chi connectivity index (χ0n) is 23.1. The topological polar surface area (TPSA) is 96.0 Å². The lowest BCUT2D eigenvalue weighted by Crippen LogP contribution is -2.50. The number of sulfonamides is 1. The van der Waals surface area contributed by atoms with Crippen molar-refractivity contribution < 1.29 is 27.1 Å². The van der Waals surface area contributed by atoms with Crippen molar-refractivity contribution in [1.82, 2.24) is 10.2 Å². The molecule has 1 atom stereocenters. The predicted molar refractivity (Wildman–Crippen MR) is 150 cm³/mol. The number of rotatable bonds is 13. The maximum Gasteiger partial charge on any atom is 0.242 e. The van der Waals surface area contributed by atoms with Gasteiger partial charge in [0, 0.05) is 25.6 Å². The summed E-state index contributed by atoms with van der Waals surface area (Å²) in [5.41, 5.74) is 1.19. The molecule has 0 heterocycles. The second kappa shape index (κ2) is 14.3. The highest BCUT2D eigenvalue weighted by molar-refractivity contribution is 7.92. The molecule has 0 bridgehead atoms. The van der Waals surface area contributed by atoms with Gasteiger partial charge in [0.05, 0.1) is 18.6 Å². The molecule has 1 fully saturated rings. The van der Waals surface area contributed by atoms with Gasteiger partial charge in [-0.15, -0.1) is 0 Å². The van der Waals surface area contributed by atoms with Crippen LogP contribution in [0, 0.1) is 5.82 Å². The second-order valence-electron chi connectivity index (χ2n) is 10.0. The van der Waals surface area contributed by atoms with Gasteiger partial charge in [0.2, 0.25) is 21.8 Å². The van der Waals surface area contributed by atoms with E-state index < -0.39 is 16.1 Å². The summed E-state index contributed by atoms with van der Waals surface area (Å²) in [7, 11) is -3.59. The molecule has 39 heavy (non-hydrogen) atoms. The Labute approximate surface area is 231 Å². The van der Waals surface area contributed by atoms with Crippen LogP contribution < -0.4 is 14.4 Å². The van der Waals surface area contributed by atoms with Crippen molar-refractivity contribution in [2.45, 2.75) is 77.4 Å². The van der Waals surface area contributed by atoms with E-state index in [1.165, 1.54) is 21.3 Å². The Kier molecular flexibility index (Phi) is 11.2. The summed E-state index contributed by atoms with van der Waals surface area (Å²) < 4.78 is 45.2. The number of anilines is 1. The van der Waals surface area contributed by atoms with Crippen LogP contribution in [0.5, 0.6) is 5.75 Å². The molecule has 1 saturated carbocycles. The van der Waals surface area contributed by atoms with E-state index in [-0.39, 0.29) is 49.6 Å². The van der Waals surface area contributed by atoms with Crippen LogP contribution in [0.15, 0.2) is 48.5 Å². The summed E-state index contributed by atoms with van der Waals surface area (Å²) >= 11 is 0. The van der Waals surface area contributed by atoms with E-state index in [9.17, 15) is 22.4 Å². The van der Waals surface area contributed by atoms with Crippen molar-refractivity contribution in [3.8, 4) is 5.75 Å². The van der Waals surface area contributed by atoms with Crippen molar-refractivity contribution in [2.75, 3.05) is 23.7 Å². The Hall–Kier alpha value is -3.14. The number of nitrogens with zero attached hydrogens (tertiary/aromatic N) is 2. The Morgan fingerprint density at radius 2 is 1.69 bits per heavy atom. The lowest BCUT2D eigenvalue weighted by atomic mass is 9.95. The van der Waals surface area contributed by atoms with E-state index >= 15 is 0 Å². The van der Waals surface area contributed by atoms with Gasteiger partial charge in [-0.3, -0.25) is 13.9 Å². The molecule has 0 radical (unpaired) electrons. The SMILES string of the molecule is CCOc1ccc(N(CCCC(=O)N(Cc2ccc(F)cc2)[C@@H](C)C(=O)NC2CCCCC2)S(C)(=O)=O)cc1. The third kappa shape index (κ3) is 9.23. The summed E-state index contributed by atoms with van der Waals surface area (Å²) in [5.74, 6) is -0.230. The van der Waals surface area contributed by atoms with Gasteiger partial charge in [0.15, 0.2) is 0 Å². The van der Waals surface area contributed by atoms with E-state index in [1.54, 1.807) is 43.3 Å². The Morgan fingerprint density at radius 1 is 1.05 bits per heavy atom. The van der Waals surface area contributed by atoms with Crippen molar-refractivity contribution in [3.63, 3.8) is 0 Å². The molecule has 10 heteroatoms. The highest BCUT2D eigenvalue weighted by atomic mass is 32.2. The minimum atomic E-state index is -3.59. The smallest absolute Gasteiger partial charge is 0.242 e. The standard InChI is InChI=1S/C29H40FN3O5S/c1-4-38-27-18-16-26(17-19-27)33(39(3,36)37)20-8-11-28(34)32(21-23-12-14-24(30)15-13-23)22(2)29(35)31-25-9-6-5-7-10-25/h12-19,22,25H,4-11,20-21H2,1-3H3,(H,31,35)/t22-/m0/s1. The molecular weight excluding hydrogens is 521 g/mol. The van der Waals surface area contributed by atoms with Crippen molar-refractivity contribution >= 4 is 27.5 Å². The molecule has 0 saturated heterocycles. The number of benzene rings is 2. The third-order valence-electron chi connectivity index (χ3n) is 6.97. The summed E-state index contributed by atoms with van der Waals surface area (Å²) in [5, 5.41) is 3.09. The number of amides is 2. The van der Waals surface area contributed by atoms with Gasteiger partial charge in [0.1, 0.15) is 17.6 Å². The van der Waals surface area contributed by atoms with Crippen LogP contribution in [-0.2, 0) is 26.2 Å². The molecule has 0 unspecified atom stereocenters. The quantitative estimate of drug-likeness (QED) is 0.385. The van der Waals surface area contributed by atoms with Crippen LogP contribution in [0.1, 0.15) is 64.4 Å². The second-order valence-corrected chi connectivity index (χ2v) is 11.9. The van der Waals surface area contributed by atoms with Crippen LogP contribution in [0.3, 0.4) is 0 Å². The molecule has 2 aromatic rings. The fraction of sp³-hybridized carbons (Fsp3) is 0.517. The summed E-state index contributed by atoms with van der Waals surface area (Å²) in [6.07, 6.45) is 6.60. The molecule has 1 aliphatic rings. The van der Waals surface area contributed by atoms with Gasteiger partial charge in [0.25, 0.3) is 0 Å². The van der Waals surface area contributed by atoms with Gasteiger partial charge in [-0.1, -0.05) is 31.4 Å². The average Bonchev–Trinajstić information content (AvgIpc) is 2.91. The number of hydrogen-bond acceptors (Lipinski definition) is 5. The van der Waals surface area contributed by atoms with E-state index in [4.69, 9.17) is 4.74 Å². The molecule has 8 nitrogen and oxygen atoms in total. The number of ether oxygens (including phenoxy) is 1. The average molecular weight is 562 g/mol. The first kappa shape index (κ1) is 30.4. The van der Waals surface area contributed by atoms with Crippen LogP contribution in [0.25, 0.3) is 0 Å². The number of carbonyl (C=O) groups excluding carboxylic acids is 2. The predicted octanol–water partition coefficient (Wildman–Crippen LogP) is 4.64. The first-order valence-electron chi connectivity index (χ1n) is 13.6. The van der Waals surface area contributed by atoms with Crippen LogP contribution >= 0.6 is 0 Å². The Bertz CT molecular complexity index is 1180.